The van der Waals surface area contributed by atoms with Crippen LogP contribution in [0.25, 0.3) is 11.5 Å². The lowest BCUT2D eigenvalue weighted by Crippen LogP contribution is -2.74. The number of amides is 3. The fraction of sp³-hybridized carbons (Fsp3) is 0.273. The van der Waals surface area contributed by atoms with Gasteiger partial charge in [-0.1, -0.05) is 10.3 Å². The van der Waals surface area contributed by atoms with Crippen LogP contribution in [-0.2, 0) is 29.5 Å². The zero-order chi connectivity index (χ0) is 33.4. The fourth-order valence-electron chi connectivity index (χ4n) is 3.66. The molecule has 23 heteroatoms. The van der Waals surface area contributed by atoms with Gasteiger partial charge in [0.05, 0.1) is 12.2 Å². The predicted molar refractivity (Wildman–Crippen MR) is 147 cm³/mol. The number of aromatic hydroxyl groups is 1. The molecule has 0 aliphatic carbocycles. The van der Waals surface area contributed by atoms with Crippen LogP contribution >= 0.6 is 11.3 Å². The Morgan fingerprint density at radius 1 is 1.24 bits per heavy atom. The number of nitrogens with zero attached hydrogens (tertiary/aromatic N) is 5. The summed E-state index contributed by atoms with van der Waals surface area (Å²) in [5.74, 6) is -6.00. The van der Waals surface area contributed by atoms with Crippen LogP contribution in [0.4, 0.5) is 5.13 Å². The van der Waals surface area contributed by atoms with E-state index in [2.05, 4.69) is 25.9 Å². The van der Waals surface area contributed by atoms with Crippen LogP contribution < -0.4 is 21.8 Å². The Hall–Kier alpha value is -5.55. The molecule has 0 saturated carbocycles. The summed E-state index contributed by atoms with van der Waals surface area (Å²) in [6.45, 7) is 1.57. The minimum Gasteiger partial charge on any atom is -0.503 e. The topological polar surface area (TPSA) is 319 Å². The highest BCUT2D eigenvalue weighted by atomic mass is 32.2. The van der Waals surface area contributed by atoms with Crippen molar-refractivity contribution in [1.82, 2.24) is 29.8 Å². The summed E-state index contributed by atoms with van der Waals surface area (Å²) in [6, 6.07) is -1.49. The van der Waals surface area contributed by atoms with Gasteiger partial charge >= 0.3 is 16.3 Å². The van der Waals surface area contributed by atoms with Gasteiger partial charge in [-0.05, 0) is 13.8 Å². The predicted octanol–water partition coefficient (Wildman–Crippen LogP) is -2.00. The summed E-state index contributed by atoms with van der Waals surface area (Å²) >= 11 is 0.888. The molecule has 0 unspecified atom stereocenters. The quantitative estimate of drug-likeness (QED) is 0.0381. The molecular weight excluding hydrogens is 648 g/mol. The van der Waals surface area contributed by atoms with Crippen LogP contribution in [0, 0.1) is 0 Å². The van der Waals surface area contributed by atoms with Crippen LogP contribution in [0.15, 0.2) is 38.2 Å². The van der Waals surface area contributed by atoms with E-state index < -0.39 is 80.8 Å². The number of rotatable bonds is 11. The molecule has 0 spiro atoms. The van der Waals surface area contributed by atoms with Crippen molar-refractivity contribution < 1.29 is 56.9 Å². The number of anilines is 1. The van der Waals surface area contributed by atoms with Gasteiger partial charge in [0.25, 0.3) is 17.7 Å². The van der Waals surface area contributed by atoms with E-state index in [1.807, 2.05) is 0 Å². The highest BCUT2D eigenvalue weighted by molar-refractivity contribution is 7.84. The molecule has 0 radical (unpaired) electrons. The molecule has 1 aliphatic heterocycles. The maximum Gasteiger partial charge on any atom is 0.362 e. The van der Waals surface area contributed by atoms with E-state index in [9.17, 15) is 52.4 Å². The van der Waals surface area contributed by atoms with Gasteiger partial charge < -0.3 is 41.1 Å². The number of carboxylic acids is 1. The first kappa shape index (κ1) is 32.4. The number of aromatic nitrogens is 3. The number of carboxylic acid groups (broad SMARTS) is 1. The number of hydrogen-bond donors (Lipinski definition) is 7. The molecule has 3 amide bonds. The highest BCUT2D eigenvalue weighted by Gasteiger charge is 2.54. The molecule has 1 fully saturated rings. The molecule has 45 heavy (non-hydrogen) atoms. The minimum absolute atomic E-state index is 0.00492. The molecule has 3 aromatic rings. The molecule has 0 bridgehead atoms. The number of thiazole rings is 1. The molecule has 0 aromatic carbocycles. The Morgan fingerprint density at radius 3 is 2.53 bits per heavy atom. The highest BCUT2D eigenvalue weighted by Crippen LogP contribution is 2.25. The molecule has 1 saturated heterocycles. The number of carbonyl (C=O) groups excluding carboxylic acids is 3. The third kappa shape index (κ3) is 6.68. The van der Waals surface area contributed by atoms with Gasteiger partial charge in [-0.15, -0.1) is 11.3 Å². The number of nitrogen functional groups attached to an aromatic ring is 1. The number of nitrogens with two attached hydrogens (primary N) is 1. The van der Waals surface area contributed by atoms with E-state index in [1.54, 1.807) is 0 Å². The lowest BCUT2D eigenvalue weighted by Gasteiger charge is -2.44. The van der Waals surface area contributed by atoms with E-state index in [-0.39, 0.29) is 26.6 Å². The molecule has 4 rings (SSSR count). The summed E-state index contributed by atoms with van der Waals surface area (Å²) < 4.78 is 38.6. The average molecular weight is 671 g/mol. The SMILES string of the molecule is CC(C)(ON=C(C(=O)N[C@@H]1C(=O)N(S(=O)(=O)O)[C@@H]1CNC(=O)c1cc(-c2cc(=O)c(O)cn2O)on1)c1csc(N)n1)C(=O)O. The van der Waals surface area contributed by atoms with Gasteiger partial charge in [0, 0.05) is 24.1 Å². The first-order valence-corrected chi connectivity index (χ1v) is 14.4. The van der Waals surface area contributed by atoms with E-state index in [0.717, 1.165) is 37.3 Å². The van der Waals surface area contributed by atoms with Crippen molar-refractivity contribution in [3.8, 4) is 17.2 Å². The molecule has 240 valence electrons. The van der Waals surface area contributed by atoms with Crippen LogP contribution in [0.2, 0.25) is 0 Å². The molecule has 8 N–H and O–H groups in total. The number of β-lactam (4-membered cyclic amide) rings is 1. The summed E-state index contributed by atoms with van der Waals surface area (Å²) in [5.41, 5.74) is 1.28. The number of aliphatic carboxylic acids is 1. The summed E-state index contributed by atoms with van der Waals surface area (Å²) in [4.78, 5) is 70.5. The zero-order valence-electron chi connectivity index (χ0n) is 22.8. The van der Waals surface area contributed by atoms with Crippen LogP contribution in [0.1, 0.15) is 30.0 Å². The Labute approximate surface area is 254 Å². The number of carbonyl (C=O) groups is 4. The second kappa shape index (κ2) is 11.9. The van der Waals surface area contributed by atoms with Gasteiger partial charge in [-0.25, -0.2) is 14.1 Å². The van der Waals surface area contributed by atoms with Crippen LogP contribution in [-0.4, -0.2) is 101 Å². The normalized spacial score (nSPS) is 17.0. The zero-order valence-corrected chi connectivity index (χ0v) is 24.4. The molecule has 2 atom stereocenters. The van der Waals surface area contributed by atoms with Gasteiger partial charge in [0.15, 0.2) is 28.0 Å². The van der Waals surface area contributed by atoms with Crippen molar-refractivity contribution in [2.45, 2.75) is 31.5 Å². The molecule has 21 nitrogen and oxygen atoms in total. The summed E-state index contributed by atoms with van der Waals surface area (Å²) in [6.07, 6.45) is 0.671. The second-order valence-corrected chi connectivity index (χ2v) is 11.8. The Balaban J connectivity index is 1.54. The molecule has 3 aromatic heterocycles. The van der Waals surface area contributed by atoms with Crippen LogP contribution in [0.3, 0.4) is 0 Å². The third-order valence-corrected chi connectivity index (χ3v) is 7.66. The van der Waals surface area contributed by atoms with Gasteiger partial charge in [-0.3, -0.25) is 23.7 Å². The monoisotopic (exact) mass is 670 g/mol. The first-order valence-electron chi connectivity index (χ1n) is 12.1. The van der Waals surface area contributed by atoms with Crippen molar-refractivity contribution in [3.05, 3.63) is 45.3 Å². The third-order valence-electron chi connectivity index (χ3n) is 6.04. The Kier molecular flexibility index (Phi) is 8.53. The molecule has 1 aliphatic rings. The average Bonchev–Trinajstić information content (AvgIpc) is 3.60. The van der Waals surface area contributed by atoms with Crippen molar-refractivity contribution in [2.75, 3.05) is 12.3 Å². The van der Waals surface area contributed by atoms with Gasteiger partial charge in [0.2, 0.25) is 11.0 Å². The van der Waals surface area contributed by atoms with Crippen molar-refractivity contribution in [1.29, 1.82) is 0 Å². The lowest BCUT2D eigenvalue weighted by molar-refractivity contribution is -0.161. The molecular formula is C22H22N8O13S2. The summed E-state index contributed by atoms with van der Waals surface area (Å²) in [5, 5.41) is 41.3. The maximum atomic E-state index is 13.2. The lowest BCUT2D eigenvalue weighted by atomic mass is 9.98. The maximum absolute atomic E-state index is 13.2. The van der Waals surface area contributed by atoms with E-state index in [0.29, 0.717) is 10.9 Å². The minimum atomic E-state index is -5.18. The van der Waals surface area contributed by atoms with Crippen molar-refractivity contribution in [3.63, 3.8) is 0 Å². The van der Waals surface area contributed by atoms with Gasteiger partial charge in [0.1, 0.15) is 17.4 Å². The second-order valence-electron chi connectivity index (χ2n) is 9.59. The van der Waals surface area contributed by atoms with E-state index >= 15 is 0 Å². The molecule has 4 heterocycles. The van der Waals surface area contributed by atoms with E-state index in [1.165, 1.54) is 5.38 Å². The van der Waals surface area contributed by atoms with Crippen molar-refractivity contribution >= 4 is 56.2 Å². The van der Waals surface area contributed by atoms with Gasteiger partial charge in [-0.2, -0.15) is 13.1 Å². The first-order chi connectivity index (χ1) is 20.9. The number of pyridine rings is 1. The van der Waals surface area contributed by atoms with E-state index in [4.69, 9.17) is 15.1 Å². The smallest absolute Gasteiger partial charge is 0.362 e. The summed E-state index contributed by atoms with van der Waals surface area (Å²) in [7, 11) is -5.18. The largest absolute Gasteiger partial charge is 0.503 e. The number of hydrogen-bond acceptors (Lipinski definition) is 16. The van der Waals surface area contributed by atoms with Crippen LogP contribution in [0.5, 0.6) is 5.75 Å². The standard InChI is InChI=1S/C22H22N8O13S2/c1-22(2,20(36)37)43-28-15(9-7-44-21(23)25-9)18(34)26-16-11(30(19(16)35)45(39,40)41)5-24-17(33)8-3-14(42-27-8)10-4-12(31)13(32)6-29(10)38/h3-4,6-7,11,16,32,38H,5H2,1-2H3,(H2,23,25)(H,24,33)(H,26,34)(H,36,37)(H,39,40,41)/t11-,16+/m1/s1. The Morgan fingerprint density at radius 2 is 1.93 bits per heavy atom. The number of oxime groups is 1. The fourth-order valence-corrected chi connectivity index (χ4v) is 5.09. The van der Waals surface area contributed by atoms with Crippen molar-refractivity contribution in [2.24, 2.45) is 5.16 Å². The Bertz CT molecular complexity index is 1900. The number of nitrogens with one attached hydrogen (secondary N) is 2.